The molecule has 2 heterocycles. The lowest BCUT2D eigenvalue weighted by Crippen LogP contribution is -2.35. The molecule has 0 radical (unpaired) electrons. The molecule has 28 heavy (non-hydrogen) atoms. The van der Waals surface area contributed by atoms with E-state index >= 15 is 0 Å². The molecule has 1 N–H and O–H groups in total. The minimum atomic E-state index is -0.693. The van der Waals surface area contributed by atoms with Gasteiger partial charge in [-0.15, -0.1) is 0 Å². The Morgan fingerprint density at radius 1 is 1.21 bits per heavy atom. The number of likely N-dealkylation sites (tertiary alicyclic amines) is 1. The molecule has 0 unspecified atom stereocenters. The van der Waals surface area contributed by atoms with Crippen LogP contribution < -0.4 is 10.1 Å². The van der Waals surface area contributed by atoms with Gasteiger partial charge in [-0.25, -0.2) is 9.78 Å². The molecule has 0 spiro atoms. The summed E-state index contributed by atoms with van der Waals surface area (Å²) in [7, 11) is 0. The van der Waals surface area contributed by atoms with E-state index < -0.39 is 18.5 Å². The molecule has 8 nitrogen and oxygen atoms in total. The van der Waals surface area contributed by atoms with E-state index in [-0.39, 0.29) is 11.5 Å². The van der Waals surface area contributed by atoms with Crippen LogP contribution in [0.5, 0.6) is 5.75 Å². The van der Waals surface area contributed by atoms with Crippen molar-refractivity contribution in [1.29, 1.82) is 0 Å². The third-order valence-corrected chi connectivity index (χ3v) is 4.16. The fourth-order valence-corrected chi connectivity index (χ4v) is 2.80. The van der Waals surface area contributed by atoms with Crippen LogP contribution in [-0.4, -0.2) is 47.4 Å². The van der Waals surface area contributed by atoms with E-state index in [2.05, 4.69) is 10.3 Å². The van der Waals surface area contributed by atoms with Gasteiger partial charge in [-0.3, -0.25) is 14.5 Å². The number of pyridine rings is 1. The minimum Gasteiger partial charge on any atom is -0.494 e. The van der Waals surface area contributed by atoms with Gasteiger partial charge in [0.2, 0.25) is 5.91 Å². The van der Waals surface area contributed by atoms with E-state index in [9.17, 15) is 14.4 Å². The van der Waals surface area contributed by atoms with Gasteiger partial charge in [-0.05, 0) is 49.7 Å². The van der Waals surface area contributed by atoms with Gasteiger partial charge in [0.1, 0.15) is 17.1 Å². The normalized spacial score (nSPS) is 13.3. The van der Waals surface area contributed by atoms with Crippen LogP contribution >= 0.6 is 0 Å². The first-order chi connectivity index (χ1) is 13.6. The predicted molar refractivity (Wildman–Crippen MR) is 101 cm³/mol. The molecule has 0 bridgehead atoms. The summed E-state index contributed by atoms with van der Waals surface area (Å²) in [4.78, 5) is 41.3. The van der Waals surface area contributed by atoms with E-state index in [1.165, 1.54) is 0 Å². The minimum absolute atomic E-state index is 0.192. The number of ether oxygens (including phenoxy) is 2. The monoisotopic (exact) mass is 383 g/mol. The predicted octanol–water partition coefficient (Wildman–Crippen LogP) is 2.53. The van der Waals surface area contributed by atoms with Crippen LogP contribution in [0.15, 0.2) is 42.6 Å². The first-order valence-electron chi connectivity index (χ1n) is 9.03. The number of esters is 1. The van der Waals surface area contributed by atoms with Crippen molar-refractivity contribution in [3.05, 3.63) is 48.2 Å². The van der Waals surface area contributed by atoms with E-state index in [1.54, 1.807) is 42.6 Å². The molecule has 1 aromatic heterocycles. The van der Waals surface area contributed by atoms with Gasteiger partial charge in [-0.2, -0.15) is 0 Å². The standard InChI is InChI=1S/C20H21N3O5/c1-2-27-15-9-7-14(8-10-15)22-19-16(5-3-11-21-19)20(26)28-13-18(25)23-12-4-6-17(23)24/h3,5,7-11H,2,4,6,12-13H2,1H3,(H,21,22). The van der Waals surface area contributed by atoms with E-state index in [0.29, 0.717) is 31.8 Å². The molecule has 8 heteroatoms. The van der Waals surface area contributed by atoms with Crippen molar-refractivity contribution in [2.45, 2.75) is 19.8 Å². The zero-order chi connectivity index (χ0) is 19.9. The second kappa shape index (κ2) is 8.98. The molecular weight excluding hydrogens is 362 g/mol. The molecule has 2 amide bonds. The molecule has 3 rings (SSSR count). The van der Waals surface area contributed by atoms with E-state index in [1.807, 2.05) is 6.92 Å². The third kappa shape index (κ3) is 4.64. The van der Waals surface area contributed by atoms with Crippen molar-refractivity contribution in [3.8, 4) is 5.75 Å². The summed E-state index contributed by atoms with van der Waals surface area (Å²) < 4.78 is 10.5. The molecule has 1 aliphatic rings. The number of amides is 2. The third-order valence-electron chi connectivity index (χ3n) is 4.16. The highest BCUT2D eigenvalue weighted by atomic mass is 16.5. The number of carbonyl (C=O) groups excluding carboxylic acids is 3. The van der Waals surface area contributed by atoms with Crippen LogP contribution in [-0.2, 0) is 14.3 Å². The van der Waals surface area contributed by atoms with Gasteiger partial charge in [-0.1, -0.05) is 0 Å². The van der Waals surface area contributed by atoms with Crippen LogP contribution in [0.25, 0.3) is 0 Å². The number of hydrogen-bond donors (Lipinski definition) is 1. The first-order valence-corrected chi connectivity index (χ1v) is 9.03. The van der Waals surface area contributed by atoms with Crippen molar-refractivity contribution in [1.82, 2.24) is 9.88 Å². The number of carbonyl (C=O) groups is 3. The zero-order valence-electron chi connectivity index (χ0n) is 15.5. The number of benzene rings is 1. The second-order valence-corrected chi connectivity index (χ2v) is 6.10. The summed E-state index contributed by atoms with van der Waals surface area (Å²) in [6.45, 7) is 2.36. The average Bonchev–Trinajstić information content (AvgIpc) is 3.14. The molecule has 1 saturated heterocycles. The molecule has 0 atom stereocenters. The summed E-state index contributed by atoms with van der Waals surface area (Å²) in [5.74, 6) is -0.396. The lowest BCUT2D eigenvalue weighted by Gasteiger charge is -2.14. The molecule has 1 aliphatic heterocycles. The highest BCUT2D eigenvalue weighted by Gasteiger charge is 2.27. The SMILES string of the molecule is CCOc1ccc(Nc2ncccc2C(=O)OCC(=O)N2CCCC2=O)cc1. The number of anilines is 2. The molecule has 146 valence electrons. The highest BCUT2D eigenvalue weighted by molar-refractivity contribution is 6.00. The lowest BCUT2D eigenvalue weighted by atomic mass is 10.2. The van der Waals surface area contributed by atoms with Crippen molar-refractivity contribution in [3.63, 3.8) is 0 Å². The number of imide groups is 1. The highest BCUT2D eigenvalue weighted by Crippen LogP contribution is 2.22. The van der Waals surface area contributed by atoms with Gasteiger partial charge in [0.05, 0.1) is 6.61 Å². The Kier molecular flexibility index (Phi) is 6.21. The van der Waals surface area contributed by atoms with Gasteiger partial charge >= 0.3 is 5.97 Å². The Balaban J connectivity index is 1.64. The largest absolute Gasteiger partial charge is 0.494 e. The molecular formula is C20H21N3O5. The Hall–Kier alpha value is -3.42. The van der Waals surface area contributed by atoms with Gasteiger partial charge in [0.15, 0.2) is 6.61 Å². The Bertz CT molecular complexity index is 866. The van der Waals surface area contributed by atoms with Gasteiger partial charge in [0.25, 0.3) is 5.91 Å². The number of rotatable bonds is 7. The quantitative estimate of drug-likeness (QED) is 0.734. The van der Waals surface area contributed by atoms with Crippen LogP contribution in [0, 0.1) is 0 Å². The topological polar surface area (TPSA) is 97.8 Å². The number of aromatic nitrogens is 1. The molecule has 0 aliphatic carbocycles. The maximum Gasteiger partial charge on any atom is 0.342 e. The Morgan fingerprint density at radius 3 is 2.68 bits per heavy atom. The van der Waals surface area contributed by atoms with Crippen LogP contribution in [0.3, 0.4) is 0 Å². The van der Waals surface area contributed by atoms with E-state index in [4.69, 9.17) is 9.47 Å². The summed E-state index contributed by atoms with van der Waals surface area (Å²) in [5, 5.41) is 3.06. The summed E-state index contributed by atoms with van der Waals surface area (Å²) >= 11 is 0. The number of nitrogens with one attached hydrogen (secondary N) is 1. The fraction of sp³-hybridized carbons (Fsp3) is 0.300. The van der Waals surface area contributed by atoms with Crippen molar-refractivity contribution < 1.29 is 23.9 Å². The van der Waals surface area contributed by atoms with E-state index in [0.717, 1.165) is 16.3 Å². The number of hydrogen-bond acceptors (Lipinski definition) is 7. The van der Waals surface area contributed by atoms with Crippen molar-refractivity contribution >= 4 is 29.3 Å². The van der Waals surface area contributed by atoms with Crippen LogP contribution in [0.1, 0.15) is 30.1 Å². The maximum absolute atomic E-state index is 12.4. The zero-order valence-corrected chi connectivity index (χ0v) is 15.5. The molecule has 0 saturated carbocycles. The lowest BCUT2D eigenvalue weighted by molar-refractivity contribution is -0.143. The van der Waals surface area contributed by atoms with Gasteiger partial charge < -0.3 is 14.8 Å². The Labute approximate surface area is 162 Å². The summed E-state index contributed by atoms with van der Waals surface area (Å²) in [5.41, 5.74) is 0.909. The van der Waals surface area contributed by atoms with Crippen LogP contribution in [0.4, 0.5) is 11.5 Å². The second-order valence-electron chi connectivity index (χ2n) is 6.10. The summed E-state index contributed by atoms with van der Waals surface area (Å²) in [6, 6.07) is 10.4. The maximum atomic E-state index is 12.4. The van der Waals surface area contributed by atoms with Crippen LogP contribution in [0.2, 0.25) is 0 Å². The van der Waals surface area contributed by atoms with Crippen molar-refractivity contribution in [2.24, 2.45) is 0 Å². The molecule has 2 aromatic rings. The average molecular weight is 383 g/mol. The fourth-order valence-electron chi connectivity index (χ4n) is 2.80. The Morgan fingerprint density at radius 2 is 2.00 bits per heavy atom. The first kappa shape index (κ1) is 19.3. The smallest absolute Gasteiger partial charge is 0.342 e. The molecule has 1 fully saturated rings. The molecule has 1 aromatic carbocycles. The van der Waals surface area contributed by atoms with Crippen molar-refractivity contribution in [2.75, 3.05) is 25.1 Å². The summed E-state index contributed by atoms with van der Waals surface area (Å²) in [6.07, 6.45) is 2.53. The number of nitrogens with zero attached hydrogens (tertiary/aromatic N) is 2. The van der Waals surface area contributed by atoms with Gasteiger partial charge in [0, 0.05) is 24.8 Å².